The largest absolute Gasteiger partial charge is 0.372 e. The molecule has 1 fully saturated rings. The molecule has 5 heteroatoms. The van der Waals surface area contributed by atoms with Crippen molar-refractivity contribution in [2.75, 3.05) is 18.0 Å². The molecule has 2 atom stereocenters. The van der Waals surface area contributed by atoms with Crippen LogP contribution in [0.25, 0.3) is 0 Å². The maximum absolute atomic E-state index is 5.74. The van der Waals surface area contributed by atoms with Gasteiger partial charge in [-0.2, -0.15) is 5.10 Å². The highest BCUT2D eigenvalue weighted by Crippen LogP contribution is 2.17. The van der Waals surface area contributed by atoms with E-state index in [9.17, 15) is 0 Å². The minimum atomic E-state index is 0.0927. The first-order valence-electron chi connectivity index (χ1n) is 7.31. The molecule has 1 N–H and O–H groups in total. The summed E-state index contributed by atoms with van der Waals surface area (Å²) in [5, 5.41) is 12.1. The van der Waals surface area contributed by atoms with Gasteiger partial charge in [-0.3, -0.25) is 0 Å². The molecule has 1 aliphatic heterocycles. The van der Waals surface area contributed by atoms with Crippen LogP contribution >= 0.6 is 0 Å². The number of aromatic nitrogens is 2. The number of anilines is 1. The summed E-state index contributed by atoms with van der Waals surface area (Å²) in [6, 6.07) is 4.10. The van der Waals surface area contributed by atoms with Gasteiger partial charge < -0.3 is 15.0 Å². The van der Waals surface area contributed by atoms with Crippen LogP contribution in [0.5, 0.6) is 0 Å². The van der Waals surface area contributed by atoms with Gasteiger partial charge in [0.05, 0.1) is 17.9 Å². The van der Waals surface area contributed by atoms with Crippen molar-refractivity contribution < 1.29 is 4.74 Å². The van der Waals surface area contributed by atoms with Crippen LogP contribution in [0.4, 0.5) is 5.82 Å². The lowest BCUT2D eigenvalue weighted by molar-refractivity contribution is -0.00550. The van der Waals surface area contributed by atoms with Gasteiger partial charge in [-0.25, -0.2) is 0 Å². The minimum Gasteiger partial charge on any atom is -0.372 e. The van der Waals surface area contributed by atoms with E-state index >= 15 is 0 Å². The number of nitrogens with one attached hydrogen (secondary N) is 1. The average molecular weight is 278 g/mol. The number of ether oxygens (including phenoxy) is 1. The maximum Gasteiger partial charge on any atom is 0.151 e. The van der Waals surface area contributed by atoms with Crippen molar-refractivity contribution in [2.24, 2.45) is 0 Å². The molecular formula is C15H26N4O. The Labute approximate surface area is 121 Å². The van der Waals surface area contributed by atoms with Crippen LogP contribution in [0.3, 0.4) is 0 Å². The van der Waals surface area contributed by atoms with Gasteiger partial charge in [0.2, 0.25) is 0 Å². The van der Waals surface area contributed by atoms with Crippen LogP contribution < -0.4 is 10.2 Å². The molecule has 1 aromatic rings. The van der Waals surface area contributed by atoms with E-state index in [0.29, 0.717) is 0 Å². The highest BCUT2D eigenvalue weighted by atomic mass is 16.5. The quantitative estimate of drug-likeness (QED) is 0.916. The van der Waals surface area contributed by atoms with Gasteiger partial charge >= 0.3 is 0 Å². The lowest BCUT2D eigenvalue weighted by atomic mass is 10.1. The monoisotopic (exact) mass is 278 g/mol. The average Bonchev–Trinajstić information content (AvgIpc) is 2.35. The van der Waals surface area contributed by atoms with Crippen LogP contribution in [-0.4, -0.2) is 41.0 Å². The van der Waals surface area contributed by atoms with Gasteiger partial charge in [0, 0.05) is 25.2 Å². The molecule has 1 aromatic heterocycles. The first-order valence-corrected chi connectivity index (χ1v) is 7.31. The third-order valence-corrected chi connectivity index (χ3v) is 3.25. The summed E-state index contributed by atoms with van der Waals surface area (Å²) in [5.74, 6) is 0.937. The normalized spacial score (nSPS) is 23.9. The number of nitrogens with zero attached hydrogens (tertiary/aromatic N) is 3. The third kappa shape index (κ3) is 4.42. The summed E-state index contributed by atoms with van der Waals surface area (Å²) in [4.78, 5) is 2.24. The van der Waals surface area contributed by atoms with Crippen molar-refractivity contribution in [3.63, 3.8) is 0 Å². The molecule has 2 heterocycles. The van der Waals surface area contributed by atoms with Gasteiger partial charge in [-0.15, -0.1) is 5.10 Å². The predicted molar refractivity (Wildman–Crippen MR) is 80.8 cm³/mol. The standard InChI is InChI=1S/C15H26N4O/c1-11-9-19(10-12(2)20-11)14-7-6-13(17-18-14)8-16-15(3,4)5/h6-7,11-12,16H,8-10H2,1-5H3/t11-,12+. The summed E-state index contributed by atoms with van der Waals surface area (Å²) in [6.07, 6.45) is 0.477. The first-order chi connectivity index (χ1) is 9.33. The van der Waals surface area contributed by atoms with Crippen molar-refractivity contribution in [1.29, 1.82) is 0 Å². The van der Waals surface area contributed by atoms with E-state index < -0.39 is 0 Å². The van der Waals surface area contributed by atoms with Crippen molar-refractivity contribution in [2.45, 2.75) is 58.9 Å². The molecule has 5 nitrogen and oxygen atoms in total. The van der Waals surface area contributed by atoms with Gasteiger partial charge in [0.25, 0.3) is 0 Å². The molecule has 20 heavy (non-hydrogen) atoms. The summed E-state index contributed by atoms with van der Waals surface area (Å²) in [6.45, 7) is 13.1. The highest BCUT2D eigenvalue weighted by molar-refractivity contribution is 5.38. The zero-order chi connectivity index (χ0) is 14.8. The fourth-order valence-corrected chi connectivity index (χ4v) is 2.34. The number of morpholine rings is 1. The van der Waals surface area contributed by atoms with E-state index in [1.807, 2.05) is 6.07 Å². The Morgan fingerprint density at radius 2 is 1.85 bits per heavy atom. The zero-order valence-corrected chi connectivity index (χ0v) is 13.2. The first kappa shape index (κ1) is 15.2. The van der Waals surface area contributed by atoms with Crippen molar-refractivity contribution in [1.82, 2.24) is 15.5 Å². The van der Waals surface area contributed by atoms with Gasteiger partial charge in [-0.05, 0) is 46.8 Å². The zero-order valence-electron chi connectivity index (χ0n) is 13.2. The fourth-order valence-electron chi connectivity index (χ4n) is 2.34. The van der Waals surface area contributed by atoms with Gasteiger partial charge in [0.1, 0.15) is 0 Å². The van der Waals surface area contributed by atoms with E-state index in [-0.39, 0.29) is 17.7 Å². The van der Waals surface area contributed by atoms with E-state index in [1.165, 1.54) is 0 Å². The van der Waals surface area contributed by atoms with Crippen LogP contribution in [0.1, 0.15) is 40.3 Å². The molecule has 1 aliphatic rings. The lowest BCUT2D eigenvalue weighted by Crippen LogP contribution is -2.46. The maximum atomic E-state index is 5.74. The SMILES string of the molecule is C[C@@H]1CN(c2ccc(CNC(C)(C)C)nn2)C[C@H](C)O1. The molecule has 0 amide bonds. The van der Waals surface area contributed by atoms with Crippen molar-refractivity contribution in [3.05, 3.63) is 17.8 Å². The Balaban J connectivity index is 1.97. The Morgan fingerprint density at radius 3 is 2.35 bits per heavy atom. The van der Waals surface area contributed by atoms with E-state index in [2.05, 4.69) is 61.1 Å². The third-order valence-electron chi connectivity index (χ3n) is 3.25. The van der Waals surface area contributed by atoms with Crippen LogP contribution in [0.2, 0.25) is 0 Å². The molecule has 0 radical (unpaired) electrons. The molecular weight excluding hydrogens is 252 g/mol. The molecule has 0 spiro atoms. The molecule has 0 aliphatic carbocycles. The second kappa shape index (κ2) is 6.06. The Bertz CT molecular complexity index is 416. The van der Waals surface area contributed by atoms with E-state index in [1.54, 1.807) is 0 Å². The molecule has 0 bridgehead atoms. The molecule has 0 unspecified atom stereocenters. The van der Waals surface area contributed by atoms with Crippen molar-refractivity contribution >= 4 is 5.82 Å². The second-order valence-electron chi connectivity index (χ2n) is 6.65. The second-order valence-corrected chi connectivity index (χ2v) is 6.65. The fraction of sp³-hybridized carbons (Fsp3) is 0.733. The molecule has 0 saturated carbocycles. The molecule has 1 saturated heterocycles. The Hall–Kier alpha value is -1.20. The Kier molecular flexibility index (Phi) is 4.60. The van der Waals surface area contributed by atoms with E-state index in [4.69, 9.17) is 4.74 Å². The Morgan fingerprint density at radius 1 is 1.20 bits per heavy atom. The topological polar surface area (TPSA) is 50.3 Å². The van der Waals surface area contributed by atoms with Crippen molar-refractivity contribution in [3.8, 4) is 0 Å². The predicted octanol–water partition coefficient (Wildman–Crippen LogP) is 1.98. The molecule has 2 rings (SSSR count). The number of rotatable bonds is 3. The summed E-state index contributed by atoms with van der Waals surface area (Å²) >= 11 is 0. The summed E-state index contributed by atoms with van der Waals surface area (Å²) in [5.41, 5.74) is 1.06. The van der Waals surface area contributed by atoms with Gasteiger partial charge in [-0.1, -0.05) is 0 Å². The molecule has 0 aromatic carbocycles. The minimum absolute atomic E-state index is 0.0927. The van der Waals surface area contributed by atoms with Gasteiger partial charge in [0.15, 0.2) is 5.82 Å². The highest BCUT2D eigenvalue weighted by Gasteiger charge is 2.23. The lowest BCUT2D eigenvalue weighted by Gasteiger charge is -2.35. The van der Waals surface area contributed by atoms with E-state index in [0.717, 1.165) is 31.1 Å². The van der Waals surface area contributed by atoms with Crippen LogP contribution in [0, 0.1) is 0 Å². The number of hydrogen-bond donors (Lipinski definition) is 1. The smallest absolute Gasteiger partial charge is 0.151 e. The summed E-state index contributed by atoms with van der Waals surface area (Å²) in [7, 11) is 0. The van der Waals surface area contributed by atoms with Crippen LogP contribution in [-0.2, 0) is 11.3 Å². The summed E-state index contributed by atoms with van der Waals surface area (Å²) < 4.78 is 5.74. The molecule has 112 valence electrons. The van der Waals surface area contributed by atoms with Crippen LogP contribution in [0.15, 0.2) is 12.1 Å². The number of hydrogen-bond acceptors (Lipinski definition) is 5.